The van der Waals surface area contributed by atoms with E-state index in [0.717, 1.165) is 56.9 Å². The van der Waals surface area contributed by atoms with E-state index in [9.17, 15) is 9.59 Å². The molecule has 0 radical (unpaired) electrons. The maximum Gasteiger partial charge on any atom is 0.303 e. The van der Waals surface area contributed by atoms with Gasteiger partial charge in [0, 0.05) is 19.4 Å². The van der Waals surface area contributed by atoms with E-state index in [2.05, 4.69) is 5.32 Å². The molecule has 21 heavy (non-hydrogen) atoms. The van der Waals surface area contributed by atoms with Crippen molar-refractivity contribution in [2.45, 2.75) is 70.6 Å². The van der Waals surface area contributed by atoms with Crippen molar-refractivity contribution in [1.82, 2.24) is 5.32 Å². The predicted octanol–water partition coefficient (Wildman–Crippen LogP) is 3.35. The molecule has 0 aliphatic heterocycles. The molecule has 4 heteroatoms. The van der Waals surface area contributed by atoms with Gasteiger partial charge in [-0.2, -0.15) is 0 Å². The zero-order valence-electron chi connectivity index (χ0n) is 13.0. The van der Waals surface area contributed by atoms with Crippen LogP contribution in [0.15, 0.2) is 0 Å². The number of hydrogen-bond donors (Lipinski definition) is 2. The number of carboxylic acid groups (broad SMARTS) is 1. The second-order valence-electron chi connectivity index (χ2n) is 6.90. The Balaban J connectivity index is 1.42. The normalized spacial score (nSPS) is 27.0. The van der Waals surface area contributed by atoms with Crippen molar-refractivity contribution in [3.8, 4) is 0 Å². The number of carbonyl (C=O) groups is 2. The molecule has 2 bridgehead atoms. The second kappa shape index (κ2) is 8.40. The Bertz CT molecular complexity index is 356. The fourth-order valence-corrected chi connectivity index (χ4v) is 4.10. The van der Waals surface area contributed by atoms with Gasteiger partial charge in [-0.05, 0) is 49.9 Å². The van der Waals surface area contributed by atoms with Crippen LogP contribution in [0.5, 0.6) is 0 Å². The lowest BCUT2D eigenvalue weighted by Gasteiger charge is -2.20. The molecule has 0 aromatic heterocycles. The number of fused-ring (bicyclic) bond motifs is 2. The van der Waals surface area contributed by atoms with Gasteiger partial charge in [0.1, 0.15) is 0 Å². The maximum atomic E-state index is 11.9. The summed E-state index contributed by atoms with van der Waals surface area (Å²) in [5.74, 6) is 1.93. The summed E-state index contributed by atoms with van der Waals surface area (Å²) in [5.41, 5.74) is 0. The lowest BCUT2D eigenvalue weighted by molar-refractivity contribution is -0.137. The van der Waals surface area contributed by atoms with E-state index >= 15 is 0 Å². The van der Waals surface area contributed by atoms with Gasteiger partial charge < -0.3 is 10.4 Å². The molecule has 1 amide bonds. The van der Waals surface area contributed by atoms with Gasteiger partial charge in [-0.25, -0.2) is 0 Å². The number of hydrogen-bond acceptors (Lipinski definition) is 2. The molecule has 2 fully saturated rings. The first-order valence-electron chi connectivity index (χ1n) is 8.63. The first kappa shape index (κ1) is 16.3. The minimum atomic E-state index is -0.706. The van der Waals surface area contributed by atoms with Crippen LogP contribution in [0.4, 0.5) is 0 Å². The summed E-state index contributed by atoms with van der Waals surface area (Å²) in [4.78, 5) is 22.3. The maximum absolute atomic E-state index is 11.9. The first-order chi connectivity index (χ1) is 10.1. The SMILES string of the molecule is O=C(O)CCCCCCCNC(=O)CC1CC2CCC1C2. The highest BCUT2D eigenvalue weighted by atomic mass is 16.4. The molecule has 0 spiro atoms. The summed E-state index contributed by atoms with van der Waals surface area (Å²) in [7, 11) is 0. The van der Waals surface area contributed by atoms with Crippen LogP contribution in [0.3, 0.4) is 0 Å². The molecule has 3 unspecified atom stereocenters. The van der Waals surface area contributed by atoms with E-state index in [1.807, 2.05) is 0 Å². The molecule has 0 aromatic carbocycles. The number of nitrogens with one attached hydrogen (secondary N) is 1. The van der Waals surface area contributed by atoms with Gasteiger partial charge in [-0.15, -0.1) is 0 Å². The quantitative estimate of drug-likeness (QED) is 0.607. The molecular weight excluding hydrogens is 266 g/mol. The highest BCUT2D eigenvalue weighted by molar-refractivity contribution is 5.76. The van der Waals surface area contributed by atoms with Gasteiger partial charge in [-0.3, -0.25) is 9.59 Å². The largest absolute Gasteiger partial charge is 0.481 e. The van der Waals surface area contributed by atoms with Gasteiger partial charge in [-0.1, -0.05) is 25.7 Å². The Morgan fingerprint density at radius 1 is 1.00 bits per heavy atom. The Kier molecular flexibility index (Phi) is 6.52. The van der Waals surface area contributed by atoms with Crippen molar-refractivity contribution in [2.24, 2.45) is 17.8 Å². The molecule has 0 saturated heterocycles. The van der Waals surface area contributed by atoms with Gasteiger partial charge >= 0.3 is 5.97 Å². The topological polar surface area (TPSA) is 66.4 Å². The number of amides is 1. The number of carboxylic acids is 1. The monoisotopic (exact) mass is 295 g/mol. The summed E-state index contributed by atoms with van der Waals surface area (Å²) in [6, 6.07) is 0. The van der Waals surface area contributed by atoms with Crippen LogP contribution in [0.25, 0.3) is 0 Å². The molecule has 2 saturated carbocycles. The average molecular weight is 295 g/mol. The lowest BCUT2D eigenvalue weighted by Crippen LogP contribution is -2.28. The lowest BCUT2D eigenvalue weighted by atomic mass is 9.86. The summed E-state index contributed by atoms with van der Waals surface area (Å²) >= 11 is 0. The van der Waals surface area contributed by atoms with Crippen LogP contribution in [0, 0.1) is 17.8 Å². The van der Waals surface area contributed by atoms with E-state index in [1.165, 1.54) is 25.7 Å². The van der Waals surface area contributed by atoms with E-state index in [1.54, 1.807) is 0 Å². The third-order valence-electron chi connectivity index (χ3n) is 5.22. The molecule has 120 valence electrons. The van der Waals surface area contributed by atoms with Crippen molar-refractivity contribution >= 4 is 11.9 Å². The highest BCUT2D eigenvalue weighted by Gasteiger charge is 2.39. The van der Waals surface area contributed by atoms with E-state index < -0.39 is 5.97 Å². The third kappa shape index (κ3) is 5.68. The number of unbranched alkanes of at least 4 members (excludes halogenated alkanes) is 4. The number of rotatable bonds is 10. The molecule has 2 rings (SSSR count). The fraction of sp³-hybridized carbons (Fsp3) is 0.882. The zero-order valence-corrected chi connectivity index (χ0v) is 13.0. The van der Waals surface area contributed by atoms with Crippen molar-refractivity contribution in [2.75, 3.05) is 6.54 Å². The standard InChI is InChI=1S/C17H29NO3/c19-16(12-15-11-13-7-8-14(15)10-13)18-9-5-3-1-2-4-6-17(20)21/h13-15H,1-12H2,(H,18,19)(H,20,21). The summed E-state index contributed by atoms with van der Waals surface area (Å²) in [6.07, 6.45) is 11.3. The first-order valence-corrected chi connectivity index (χ1v) is 8.63. The summed E-state index contributed by atoms with van der Waals surface area (Å²) in [6.45, 7) is 0.776. The minimum Gasteiger partial charge on any atom is -0.481 e. The molecule has 4 nitrogen and oxygen atoms in total. The smallest absolute Gasteiger partial charge is 0.303 e. The van der Waals surface area contributed by atoms with E-state index in [4.69, 9.17) is 5.11 Å². The minimum absolute atomic E-state index is 0.235. The molecule has 0 heterocycles. The van der Waals surface area contributed by atoms with Crippen molar-refractivity contribution in [3.05, 3.63) is 0 Å². The van der Waals surface area contributed by atoms with Crippen LogP contribution in [0.2, 0.25) is 0 Å². The van der Waals surface area contributed by atoms with Gasteiger partial charge in [0.2, 0.25) is 5.91 Å². The third-order valence-corrected chi connectivity index (χ3v) is 5.22. The van der Waals surface area contributed by atoms with Crippen LogP contribution in [0.1, 0.15) is 70.6 Å². The van der Waals surface area contributed by atoms with Crippen molar-refractivity contribution in [3.63, 3.8) is 0 Å². The highest BCUT2D eigenvalue weighted by Crippen LogP contribution is 2.49. The number of carbonyl (C=O) groups excluding carboxylic acids is 1. The van der Waals surface area contributed by atoms with Gasteiger partial charge in [0.25, 0.3) is 0 Å². The predicted molar refractivity (Wildman–Crippen MR) is 81.9 cm³/mol. The van der Waals surface area contributed by atoms with Gasteiger partial charge in [0.05, 0.1) is 0 Å². The Morgan fingerprint density at radius 3 is 2.43 bits per heavy atom. The van der Waals surface area contributed by atoms with Crippen LogP contribution < -0.4 is 5.32 Å². The summed E-state index contributed by atoms with van der Waals surface area (Å²) in [5, 5.41) is 11.6. The molecule has 2 aliphatic carbocycles. The molecule has 3 atom stereocenters. The van der Waals surface area contributed by atoms with E-state index in [0.29, 0.717) is 5.92 Å². The molecule has 0 aromatic rings. The molecule has 2 N–H and O–H groups in total. The fourth-order valence-electron chi connectivity index (χ4n) is 4.10. The van der Waals surface area contributed by atoms with Crippen LogP contribution >= 0.6 is 0 Å². The molecular formula is C17H29NO3. The van der Waals surface area contributed by atoms with Crippen molar-refractivity contribution in [1.29, 1.82) is 0 Å². The van der Waals surface area contributed by atoms with Crippen molar-refractivity contribution < 1.29 is 14.7 Å². The average Bonchev–Trinajstić information content (AvgIpc) is 3.03. The summed E-state index contributed by atoms with van der Waals surface area (Å²) < 4.78 is 0. The Hall–Kier alpha value is -1.06. The Labute approximate surface area is 127 Å². The second-order valence-corrected chi connectivity index (χ2v) is 6.90. The molecule has 2 aliphatic rings. The van der Waals surface area contributed by atoms with Crippen LogP contribution in [-0.2, 0) is 9.59 Å². The zero-order chi connectivity index (χ0) is 15.1. The number of aliphatic carboxylic acids is 1. The Morgan fingerprint density at radius 2 is 1.76 bits per heavy atom. The van der Waals surface area contributed by atoms with Crippen LogP contribution in [-0.4, -0.2) is 23.5 Å². The van der Waals surface area contributed by atoms with E-state index in [-0.39, 0.29) is 12.3 Å². The van der Waals surface area contributed by atoms with Gasteiger partial charge in [0.15, 0.2) is 0 Å².